The topological polar surface area (TPSA) is 38.9 Å². The van der Waals surface area contributed by atoms with Gasteiger partial charge in [-0.25, -0.2) is 4.39 Å². The predicted octanol–water partition coefficient (Wildman–Crippen LogP) is 2.64. The Labute approximate surface area is 107 Å². The molecular weight excluding hydrogens is 227 g/mol. The van der Waals surface area contributed by atoms with Crippen LogP contribution in [0, 0.1) is 12.7 Å². The van der Waals surface area contributed by atoms with E-state index in [4.69, 9.17) is 5.73 Å². The highest BCUT2D eigenvalue weighted by molar-refractivity contribution is 5.27. The van der Waals surface area contributed by atoms with Gasteiger partial charge in [-0.2, -0.15) is 0 Å². The molecule has 0 aliphatic carbocycles. The number of nitrogens with two attached hydrogens (primary N) is 1. The minimum atomic E-state index is -0.204. The zero-order valence-electron chi connectivity index (χ0n) is 10.4. The average molecular weight is 244 g/mol. The Bertz CT molecular complexity index is 511. The standard InChI is InChI=1S/C15H17FN2/c1-11-4-5-14(16)8-13(11)9-15(17)7-12-3-2-6-18-10-12/h2-6,8,10,15H,7,9,17H2,1H3. The highest BCUT2D eigenvalue weighted by atomic mass is 19.1. The molecule has 1 aromatic carbocycles. The SMILES string of the molecule is Cc1ccc(F)cc1CC(N)Cc1cccnc1. The van der Waals surface area contributed by atoms with Crippen molar-refractivity contribution in [3.63, 3.8) is 0 Å². The lowest BCUT2D eigenvalue weighted by Gasteiger charge is -2.13. The smallest absolute Gasteiger partial charge is 0.123 e. The molecule has 1 unspecified atom stereocenters. The maximum Gasteiger partial charge on any atom is 0.123 e. The molecular formula is C15H17FN2. The molecule has 0 radical (unpaired) electrons. The molecule has 0 fully saturated rings. The monoisotopic (exact) mass is 244 g/mol. The Morgan fingerprint density at radius 2 is 2.11 bits per heavy atom. The molecule has 0 saturated carbocycles. The molecule has 0 bridgehead atoms. The zero-order valence-corrected chi connectivity index (χ0v) is 10.4. The molecule has 1 aromatic heterocycles. The summed E-state index contributed by atoms with van der Waals surface area (Å²) in [5, 5.41) is 0. The number of aryl methyl sites for hydroxylation is 1. The van der Waals surface area contributed by atoms with E-state index in [-0.39, 0.29) is 11.9 Å². The van der Waals surface area contributed by atoms with Gasteiger partial charge in [0.1, 0.15) is 5.82 Å². The Kier molecular flexibility index (Phi) is 4.05. The van der Waals surface area contributed by atoms with Gasteiger partial charge in [0.2, 0.25) is 0 Å². The second-order valence-corrected chi connectivity index (χ2v) is 4.60. The van der Waals surface area contributed by atoms with Gasteiger partial charge in [-0.05, 0) is 54.7 Å². The first-order chi connectivity index (χ1) is 8.65. The first-order valence-corrected chi connectivity index (χ1v) is 6.04. The Morgan fingerprint density at radius 1 is 1.28 bits per heavy atom. The third-order valence-corrected chi connectivity index (χ3v) is 3.01. The van der Waals surface area contributed by atoms with Crippen LogP contribution in [0.2, 0.25) is 0 Å². The fourth-order valence-electron chi connectivity index (χ4n) is 2.04. The Morgan fingerprint density at radius 3 is 2.83 bits per heavy atom. The molecule has 94 valence electrons. The number of nitrogens with zero attached hydrogens (tertiary/aromatic N) is 1. The molecule has 0 spiro atoms. The summed E-state index contributed by atoms with van der Waals surface area (Å²) in [5.74, 6) is -0.204. The van der Waals surface area contributed by atoms with Crippen LogP contribution in [0.15, 0.2) is 42.7 Å². The van der Waals surface area contributed by atoms with Crippen LogP contribution in [0.25, 0.3) is 0 Å². The van der Waals surface area contributed by atoms with Crippen molar-refractivity contribution in [1.29, 1.82) is 0 Å². The molecule has 2 nitrogen and oxygen atoms in total. The van der Waals surface area contributed by atoms with Crippen LogP contribution in [0.4, 0.5) is 4.39 Å². The van der Waals surface area contributed by atoms with Crippen molar-refractivity contribution in [3.8, 4) is 0 Å². The number of pyridine rings is 1. The quantitative estimate of drug-likeness (QED) is 0.898. The summed E-state index contributed by atoms with van der Waals surface area (Å²) in [4.78, 5) is 4.06. The highest BCUT2D eigenvalue weighted by Crippen LogP contribution is 2.13. The van der Waals surface area contributed by atoms with Gasteiger partial charge in [-0.3, -0.25) is 4.98 Å². The van der Waals surface area contributed by atoms with E-state index in [9.17, 15) is 4.39 Å². The van der Waals surface area contributed by atoms with Gasteiger partial charge in [0, 0.05) is 18.4 Å². The maximum absolute atomic E-state index is 13.2. The third-order valence-electron chi connectivity index (χ3n) is 3.01. The van der Waals surface area contributed by atoms with Gasteiger partial charge >= 0.3 is 0 Å². The van der Waals surface area contributed by atoms with Gasteiger partial charge in [-0.1, -0.05) is 12.1 Å². The van der Waals surface area contributed by atoms with Crippen molar-refractivity contribution in [3.05, 3.63) is 65.2 Å². The average Bonchev–Trinajstić information content (AvgIpc) is 2.35. The summed E-state index contributed by atoms with van der Waals surface area (Å²) in [6, 6.07) is 8.72. The molecule has 1 atom stereocenters. The van der Waals surface area contributed by atoms with E-state index in [0.717, 1.165) is 23.1 Å². The predicted molar refractivity (Wildman–Crippen MR) is 70.8 cm³/mol. The molecule has 2 N–H and O–H groups in total. The summed E-state index contributed by atoms with van der Waals surface area (Å²) in [7, 11) is 0. The van der Waals surface area contributed by atoms with Gasteiger partial charge in [0.25, 0.3) is 0 Å². The molecule has 2 aromatic rings. The summed E-state index contributed by atoms with van der Waals surface area (Å²) in [6.07, 6.45) is 4.99. The molecule has 0 aliphatic heterocycles. The van der Waals surface area contributed by atoms with Crippen LogP contribution >= 0.6 is 0 Å². The van der Waals surface area contributed by atoms with Crippen molar-refractivity contribution >= 4 is 0 Å². The maximum atomic E-state index is 13.2. The molecule has 0 aliphatic rings. The first-order valence-electron chi connectivity index (χ1n) is 6.04. The van der Waals surface area contributed by atoms with Gasteiger partial charge in [-0.15, -0.1) is 0 Å². The largest absolute Gasteiger partial charge is 0.327 e. The van der Waals surface area contributed by atoms with Gasteiger partial charge in [0.05, 0.1) is 0 Å². The molecule has 0 saturated heterocycles. The van der Waals surface area contributed by atoms with E-state index in [1.54, 1.807) is 18.3 Å². The van der Waals surface area contributed by atoms with Crippen molar-refractivity contribution < 1.29 is 4.39 Å². The van der Waals surface area contributed by atoms with Crippen molar-refractivity contribution in [2.75, 3.05) is 0 Å². The normalized spacial score (nSPS) is 12.4. The van der Waals surface area contributed by atoms with Gasteiger partial charge in [0.15, 0.2) is 0 Å². The summed E-state index contributed by atoms with van der Waals surface area (Å²) >= 11 is 0. The van der Waals surface area contributed by atoms with Crippen LogP contribution in [0.3, 0.4) is 0 Å². The summed E-state index contributed by atoms with van der Waals surface area (Å²) < 4.78 is 13.2. The lowest BCUT2D eigenvalue weighted by atomic mass is 9.97. The Hall–Kier alpha value is -1.74. The summed E-state index contributed by atoms with van der Waals surface area (Å²) in [6.45, 7) is 1.98. The Balaban J connectivity index is 2.03. The second-order valence-electron chi connectivity index (χ2n) is 4.60. The molecule has 3 heteroatoms. The van der Waals surface area contributed by atoms with Gasteiger partial charge < -0.3 is 5.73 Å². The van der Waals surface area contributed by atoms with Crippen LogP contribution in [-0.4, -0.2) is 11.0 Å². The van der Waals surface area contributed by atoms with Crippen molar-refractivity contribution in [2.45, 2.75) is 25.8 Å². The fourth-order valence-corrected chi connectivity index (χ4v) is 2.04. The molecule has 1 heterocycles. The second kappa shape index (κ2) is 5.74. The molecule has 0 amide bonds. The number of aromatic nitrogens is 1. The van der Waals surface area contributed by atoms with E-state index >= 15 is 0 Å². The van der Waals surface area contributed by atoms with E-state index in [1.165, 1.54) is 6.07 Å². The van der Waals surface area contributed by atoms with Crippen molar-refractivity contribution in [2.24, 2.45) is 5.73 Å². The number of hydrogen-bond donors (Lipinski definition) is 1. The lowest BCUT2D eigenvalue weighted by Crippen LogP contribution is -2.26. The fraction of sp³-hybridized carbons (Fsp3) is 0.267. The number of hydrogen-bond acceptors (Lipinski definition) is 2. The highest BCUT2D eigenvalue weighted by Gasteiger charge is 2.08. The van der Waals surface area contributed by atoms with Crippen LogP contribution in [-0.2, 0) is 12.8 Å². The van der Waals surface area contributed by atoms with E-state index in [1.807, 2.05) is 25.3 Å². The minimum Gasteiger partial charge on any atom is -0.327 e. The zero-order chi connectivity index (χ0) is 13.0. The van der Waals surface area contributed by atoms with E-state index < -0.39 is 0 Å². The van der Waals surface area contributed by atoms with E-state index in [2.05, 4.69) is 4.98 Å². The number of benzene rings is 1. The summed E-state index contributed by atoms with van der Waals surface area (Å²) in [5.41, 5.74) is 9.28. The third kappa shape index (κ3) is 3.37. The molecule has 18 heavy (non-hydrogen) atoms. The van der Waals surface area contributed by atoms with E-state index in [0.29, 0.717) is 6.42 Å². The first kappa shape index (κ1) is 12.7. The molecule has 2 rings (SSSR count). The number of rotatable bonds is 4. The number of halogens is 1. The van der Waals surface area contributed by atoms with Crippen LogP contribution < -0.4 is 5.73 Å². The van der Waals surface area contributed by atoms with Crippen molar-refractivity contribution in [1.82, 2.24) is 4.98 Å². The van der Waals surface area contributed by atoms with Crippen LogP contribution in [0.1, 0.15) is 16.7 Å². The minimum absolute atomic E-state index is 0.0188. The lowest BCUT2D eigenvalue weighted by molar-refractivity contribution is 0.616. The van der Waals surface area contributed by atoms with Crippen LogP contribution in [0.5, 0.6) is 0 Å².